The normalized spacial score (nSPS) is 37.4. The maximum Gasteiger partial charge on any atom is 0.225 e. The zero-order chi connectivity index (χ0) is 14.1. The monoisotopic (exact) mass is 278 g/mol. The fourth-order valence-corrected chi connectivity index (χ4v) is 3.88. The molecule has 3 fully saturated rings. The van der Waals surface area contributed by atoms with E-state index in [0.717, 1.165) is 51.4 Å². The van der Waals surface area contributed by atoms with E-state index in [0.29, 0.717) is 30.6 Å². The second-order valence-electron chi connectivity index (χ2n) is 6.69. The van der Waals surface area contributed by atoms with Crippen LogP contribution in [0.3, 0.4) is 0 Å². The molecule has 2 heterocycles. The zero-order valence-corrected chi connectivity index (χ0v) is 12.5. The first-order chi connectivity index (χ1) is 9.67. The van der Waals surface area contributed by atoms with Gasteiger partial charge in [-0.15, -0.1) is 6.58 Å². The van der Waals surface area contributed by atoms with Gasteiger partial charge in [-0.3, -0.25) is 9.69 Å². The standard InChI is InChI=1S/C16H26N2O2/c1-3-6-20-15-9-14-10-18(5-4-17(14)11-15)16(19)13-7-12(2)8-13/h3,12-15H,1,4-11H2,2H3. The second-order valence-corrected chi connectivity index (χ2v) is 6.69. The van der Waals surface area contributed by atoms with E-state index in [2.05, 4.69) is 23.3 Å². The summed E-state index contributed by atoms with van der Waals surface area (Å²) in [4.78, 5) is 17.0. The largest absolute Gasteiger partial charge is 0.373 e. The van der Waals surface area contributed by atoms with Crippen LogP contribution in [0.5, 0.6) is 0 Å². The third kappa shape index (κ3) is 2.77. The summed E-state index contributed by atoms with van der Waals surface area (Å²) >= 11 is 0. The minimum atomic E-state index is 0.311. The van der Waals surface area contributed by atoms with Crippen LogP contribution in [0.1, 0.15) is 26.2 Å². The molecule has 3 rings (SSSR count). The first-order valence-corrected chi connectivity index (χ1v) is 7.92. The molecule has 1 saturated carbocycles. The Balaban J connectivity index is 1.51. The van der Waals surface area contributed by atoms with Gasteiger partial charge in [0.2, 0.25) is 5.91 Å². The van der Waals surface area contributed by atoms with Crippen LogP contribution in [0, 0.1) is 11.8 Å². The predicted molar refractivity (Wildman–Crippen MR) is 78.4 cm³/mol. The number of hydrogen-bond donors (Lipinski definition) is 0. The molecular formula is C16H26N2O2. The van der Waals surface area contributed by atoms with Crippen LogP contribution in [-0.2, 0) is 9.53 Å². The van der Waals surface area contributed by atoms with Gasteiger partial charge in [-0.2, -0.15) is 0 Å². The van der Waals surface area contributed by atoms with Crippen LogP contribution in [-0.4, -0.2) is 60.6 Å². The maximum absolute atomic E-state index is 12.4. The van der Waals surface area contributed by atoms with E-state index in [-0.39, 0.29) is 0 Å². The molecule has 0 bridgehead atoms. The van der Waals surface area contributed by atoms with E-state index in [1.54, 1.807) is 0 Å². The van der Waals surface area contributed by atoms with Gasteiger partial charge in [-0.25, -0.2) is 0 Å². The van der Waals surface area contributed by atoms with E-state index < -0.39 is 0 Å². The zero-order valence-electron chi connectivity index (χ0n) is 12.5. The summed E-state index contributed by atoms with van der Waals surface area (Å²) in [6.45, 7) is 10.4. The van der Waals surface area contributed by atoms with Crippen LogP contribution in [0.4, 0.5) is 0 Å². The van der Waals surface area contributed by atoms with Crippen molar-refractivity contribution in [3.63, 3.8) is 0 Å². The smallest absolute Gasteiger partial charge is 0.225 e. The van der Waals surface area contributed by atoms with Crippen LogP contribution >= 0.6 is 0 Å². The van der Waals surface area contributed by atoms with Crippen LogP contribution in [0.2, 0.25) is 0 Å². The first kappa shape index (κ1) is 14.1. The fourth-order valence-electron chi connectivity index (χ4n) is 3.88. The van der Waals surface area contributed by atoms with Gasteiger partial charge in [-0.05, 0) is 25.2 Å². The highest BCUT2D eigenvalue weighted by atomic mass is 16.5. The number of fused-ring (bicyclic) bond motifs is 1. The van der Waals surface area contributed by atoms with Crippen molar-refractivity contribution in [1.82, 2.24) is 9.80 Å². The summed E-state index contributed by atoms with van der Waals surface area (Å²) < 4.78 is 5.77. The number of carbonyl (C=O) groups is 1. The number of piperazine rings is 1. The van der Waals surface area contributed by atoms with E-state index in [1.807, 2.05) is 6.08 Å². The molecule has 0 aromatic rings. The minimum absolute atomic E-state index is 0.311. The Morgan fingerprint density at radius 3 is 2.80 bits per heavy atom. The first-order valence-electron chi connectivity index (χ1n) is 7.92. The van der Waals surface area contributed by atoms with E-state index in [1.165, 1.54) is 0 Å². The average Bonchev–Trinajstić information content (AvgIpc) is 2.82. The van der Waals surface area contributed by atoms with Crippen LogP contribution in [0.15, 0.2) is 12.7 Å². The summed E-state index contributed by atoms with van der Waals surface area (Å²) in [6, 6.07) is 0.500. The third-order valence-corrected chi connectivity index (χ3v) is 5.06. The molecule has 2 saturated heterocycles. The molecule has 0 spiro atoms. The molecule has 112 valence electrons. The molecule has 0 aromatic carbocycles. The summed E-state index contributed by atoms with van der Waals surface area (Å²) in [5.41, 5.74) is 0. The Kier molecular flexibility index (Phi) is 4.13. The Morgan fingerprint density at radius 2 is 2.10 bits per heavy atom. The van der Waals surface area contributed by atoms with Gasteiger partial charge in [-0.1, -0.05) is 13.0 Å². The van der Waals surface area contributed by atoms with Gasteiger partial charge < -0.3 is 9.64 Å². The van der Waals surface area contributed by atoms with Crippen molar-refractivity contribution in [2.75, 3.05) is 32.8 Å². The Hall–Kier alpha value is -0.870. The molecule has 0 N–H and O–H groups in total. The summed E-state index contributed by atoms with van der Waals surface area (Å²) in [5, 5.41) is 0. The molecule has 0 aromatic heterocycles. The van der Waals surface area contributed by atoms with Crippen LogP contribution in [0.25, 0.3) is 0 Å². The van der Waals surface area contributed by atoms with Gasteiger partial charge in [0, 0.05) is 38.1 Å². The quantitative estimate of drug-likeness (QED) is 0.731. The van der Waals surface area contributed by atoms with Crippen molar-refractivity contribution in [2.24, 2.45) is 11.8 Å². The molecule has 4 nitrogen and oxygen atoms in total. The molecule has 2 unspecified atom stereocenters. The highest BCUT2D eigenvalue weighted by molar-refractivity contribution is 5.79. The number of nitrogens with zero attached hydrogens (tertiary/aromatic N) is 2. The van der Waals surface area contributed by atoms with Gasteiger partial charge in [0.15, 0.2) is 0 Å². The highest BCUT2D eigenvalue weighted by Crippen LogP contribution is 2.35. The fraction of sp³-hybridized carbons (Fsp3) is 0.812. The second kappa shape index (κ2) is 5.86. The van der Waals surface area contributed by atoms with Crippen molar-refractivity contribution in [1.29, 1.82) is 0 Å². The lowest BCUT2D eigenvalue weighted by molar-refractivity contribution is -0.142. The van der Waals surface area contributed by atoms with E-state index >= 15 is 0 Å². The lowest BCUT2D eigenvalue weighted by Gasteiger charge is -2.41. The number of ether oxygens (including phenoxy) is 1. The van der Waals surface area contributed by atoms with E-state index in [4.69, 9.17) is 4.74 Å². The van der Waals surface area contributed by atoms with E-state index in [9.17, 15) is 4.79 Å². The summed E-state index contributed by atoms with van der Waals surface area (Å²) in [7, 11) is 0. The predicted octanol–water partition coefficient (Wildman–Crippen LogP) is 1.52. The Labute approximate surface area is 121 Å². The molecule has 3 aliphatic rings. The van der Waals surface area contributed by atoms with Crippen molar-refractivity contribution in [3.8, 4) is 0 Å². The highest BCUT2D eigenvalue weighted by Gasteiger charge is 2.40. The molecular weight excluding hydrogens is 252 g/mol. The van der Waals surface area contributed by atoms with Gasteiger partial charge in [0.05, 0.1) is 12.7 Å². The summed E-state index contributed by atoms with van der Waals surface area (Å²) in [6.07, 6.45) is 5.37. The van der Waals surface area contributed by atoms with Crippen molar-refractivity contribution < 1.29 is 9.53 Å². The van der Waals surface area contributed by atoms with Crippen LogP contribution < -0.4 is 0 Å². The maximum atomic E-state index is 12.4. The molecule has 1 aliphatic carbocycles. The number of amides is 1. The average molecular weight is 278 g/mol. The topological polar surface area (TPSA) is 32.8 Å². The molecule has 1 amide bonds. The molecule has 4 heteroatoms. The Bertz CT molecular complexity index is 379. The SMILES string of the molecule is C=CCOC1CC2CN(C(=O)C3CC(C)C3)CCN2C1. The lowest BCUT2D eigenvalue weighted by atomic mass is 9.75. The molecule has 2 atom stereocenters. The number of rotatable bonds is 4. The van der Waals surface area contributed by atoms with Gasteiger partial charge in [0.1, 0.15) is 0 Å². The van der Waals surface area contributed by atoms with Crippen molar-refractivity contribution in [2.45, 2.75) is 38.3 Å². The molecule has 20 heavy (non-hydrogen) atoms. The van der Waals surface area contributed by atoms with Crippen molar-refractivity contribution in [3.05, 3.63) is 12.7 Å². The summed E-state index contributed by atoms with van der Waals surface area (Å²) in [5.74, 6) is 1.46. The number of hydrogen-bond acceptors (Lipinski definition) is 3. The number of carbonyl (C=O) groups excluding carboxylic acids is 1. The van der Waals surface area contributed by atoms with Gasteiger partial charge in [0.25, 0.3) is 0 Å². The van der Waals surface area contributed by atoms with Gasteiger partial charge >= 0.3 is 0 Å². The third-order valence-electron chi connectivity index (χ3n) is 5.06. The molecule has 2 aliphatic heterocycles. The van der Waals surface area contributed by atoms with Crippen molar-refractivity contribution >= 4 is 5.91 Å². The lowest BCUT2D eigenvalue weighted by Crippen LogP contribution is -2.54. The minimum Gasteiger partial charge on any atom is -0.373 e. The Morgan fingerprint density at radius 1 is 1.30 bits per heavy atom. The molecule has 0 radical (unpaired) electrons.